The van der Waals surface area contributed by atoms with Crippen LogP contribution in [-0.2, 0) is 9.47 Å². The van der Waals surface area contributed by atoms with Gasteiger partial charge >= 0.3 is 6.09 Å². The second-order valence-corrected chi connectivity index (χ2v) is 9.88. The largest absolute Gasteiger partial charge is 0.449 e. The van der Waals surface area contributed by atoms with Crippen LogP contribution < -0.4 is 10.2 Å². The molecular weight excluding hydrogens is 508 g/mol. The molecule has 1 amide bonds. The minimum atomic E-state index is -2.77. The molecule has 1 aromatic carbocycles. The van der Waals surface area contributed by atoms with Gasteiger partial charge in [-0.25, -0.2) is 18.6 Å². The summed E-state index contributed by atoms with van der Waals surface area (Å²) in [6.45, 7) is 6.77. The third-order valence-corrected chi connectivity index (χ3v) is 7.17. The van der Waals surface area contributed by atoms with E-state index >= 15 is 0 Å². The fraction of sp³-hybridized carbons (Fsp3) is 0.556. The van der Waals surface area contributed by atoms with Gasteiger partial charge in [0.15, 0.2) is 5.82 Å². The van der Waals surface area contributed by atoms with Crippen LogP contribution in [0.4, 0.5) is 25.3 Å². The summed E-state index contributed by atoms with van der Waals surface area (Å²) in [5, 5.41) is 3.41. The molecule has 210 valence electrons. The molecule has 2 aliphatic heterocycles. The monoisotopic (exact) mass is 543 g/mol. The molecular formula is C27H35F2N7O3. The second-order valence-electron chi connectivity index (χ2n) is 9.88. The smallest absolute Gasteiger partial charge is 0.409 e. The van der Waals surface area contributed by atoms with Crippen molar-refractivity contribution in [1.29, 1.82) is 0 Å². The lowest BCUT2D eigenvalue weighted by Gasteiger charge is -2.31. The Morgan fingerprint density at radius 2 is 1.90 bits per heavy atom. The van der Waals surface area contributed by atoms with Crippen molar-refractivity contribution in [1.82, 2.24) is 24.4 Å². The number of ether oxygens (including phenoxy) is 2. The van der Waals surface area contributed by atoms with E-state index in [4.69, 9.17) is 19.4 Å². The molecule has 2 fully saturated rings. The van der Waals surface area contributed by atoms with Crippen molar-refractivity contribution in [2.45, 2.75) is 39.0 Å². The lowest BCUT2D eigenvalue weighted by molar-refractivity contribution is 0.0876. The van der Waals surface area contributed by atoms with Crippen molar-refractivity contribution in [3.63, 3.8) is 0 Å². The van der Waals surface area contributed by atoms with Crippen molar-refractivity contribution < 1.29 is 23.0 Å². The first-order valence-corrected chi connectivity index (χ1v) is 13.7. The molecule has 2 aliphatic rings. The molecule has 39 heavy (non-hydrogen) atoms. The summed E-state index contributed by atoms with van der Waals surface area (Å²) < 4.78 is 40.4. The summed E-state index contributed by atoms with van der Waals surface area (Å²) in [6, 6.07) is 8.75. The van der Waals surface area contributed by atoms with Crippen molar-refractivity contribution in [3.05, 3.63) is 36.2 Å². The molecule has 5 rings (SSSR count). The van der Waals surface area contributed by atoms with E-state index in [0.717, 1.165) is 25.7 Å². The van der Waals surface area contributed by atoms with E-state index in [1.807, 2.05) is 4.90 Å². The van der Waals surface area contributed by atoms with Gasteiger partial charge in [-0.05, 0) is 37.3 Å². The standard InChI is InChI=1S/C27H35F2N7O3/c1-2-3-14-39-27(37)35-10-8-19(9-11-35)18-30-22-17-23(33-26(32-22)34-12-15-38-16-13-34)36-21-7-5-4-6-20(21)31-25(36)24(28)29/h4-7,17,19,24H,2-3,8-16,18H2,1H3,(H,30,32,33). The number of halogens is 2. The number of fused-ring (bicyclic) bond motifs is 1. The summed E-state index contributed by atoms with van der Waals surface area (Å²) in [7, 11) is 0. The lowest BCUT2D eigenvalue weighted by Crippen LogP contribution is -2.40. The van der Waals surface area contributed by atoms with E-state index in [9.17, 15) is 13.6 Å². The number of amides is 1. The molecule has 0 unspecified atom stereocenters. The van der Waals surface area contributed by atoms with E-state index < -0.39 is 6.43 Å². The Balaban J connectivity index is 1.34. The van der Waals surface area contributed by atoms with Crippen molar-refractivity contribution in [2.24, 2.45) is 5.92 Å². The minimum Gasteiger partial charge on any atom is -0.449 e. The highest BCUT2D eigenvalue weighted by Crippen LogP contribution is 2.29. The molecule has 0 saturated carbocycles. The zero-order valence-corrected chi connectivity index (χ0v) is 22.2. The van der Waals surface area contributed by atoms with Gasteiger partial charge in [0.1, 0.15) is 11.6 Å². The predicted octanol–water partition coefficient (Wildman–Crippen LogP) is 4.65. The van der Waals surface area contributed by atoms with Crippen LogP contribution in [0.25, 0.3) is 16.9 Å². The Kier molecular flexibility index (Phi) is 8.70. The third-order valence-electron chi connectivity index (χ3n) is 7.17. The molecule has 0 radical (unpaired) electrons. The molecule has 1 N–H and O–H groups in total. The summed E-state index contributed by atoms with van der Waals surface area (Å²) in [4.78, 5) is 29.6. The lowest BCUT2D eigenvalue weighted by atomic mass is 9.97. The first kappa shape index (κ1) is 27.0. The van der Waals surface area contributed by atoms with Gasteiger partial charge in [0, 0.05) is 38.8 Å². The predicted molar refractivity (Wildman–Crippen MR) is 144 cm³/mol. The second kappa shape index (κ2) is 12.5. The quantitative estimate of drug-likeness (QED) is 0.390. The van der Waals surface area contributed by atoms with Crippen molar-refractivity contribution in [2.75, 3.05) is 62.8 Å². The number of benzene rings is 1. The number of likely N-dealkylation sites (tertiary alicyclic amines) is 1. The van der Waals surface area contributed by atoms with E-state index in [1.54, 1.807) is 35.2 Å². The summed E-state index contributed by atoms with van der Waals surface area (Å²) in [5.41, 5.74) is 1.04. The van der Waals surface area contributed by atoms with Gasteiger partial charge in [0.25, 0.3) is 6.43 Å². The first-order valence-electron chi connectivity index (χ1n) is 13.7. The van der Waals surface area contributed by atoms with Crippen LogP contribution in [0.2, 0.25) is 0 Å². The van der Waals surface area contributed by atoms with Gasteiger partial charge in [0.2, 0.25) is 5.95 Å². The van der Waals surface area contributed by atoms with E-state index in [0.29, 0.717) is 87.1 Å². The number of carbonyl (C=O) groups excluding carboxylic acids is 1. The average molecular weight is 544 g/mol. The maximum Gasteiger partial charge on any atom is 0.409 e. The maximum absolute atomic E-state index is 14.1. The number of hydrogen-bond acceptors (Lipinski definition) is 8. The number of morpholine rings is 1. The molecule has 2 aromatic heterocycles. The van der Waals surface area contributed by atoms with E-state index in [-0.39, 0.29) is 11.9 Å². The van der Waals surface area contributed by atoms with Crippen molar-refractivity contribution >= 4 is 28.9 Å². The Morgan fingerprint density at radius 3 is 2.64 bits per heavy atom. The number of anilines is 2. The fourth-order valence-electron chi connectivity index (χ4n) is 4.93. The minimum absolute atomic E-state index is 0.243. The Morgan fingerprint density at radius 1 is 1.13 bits per heavy atom. The van der Waals surface area contributed by atoms with Crippen LogP contribution >= 0.6 is 0 Å². The van der Waals surface area contributed by atoms with Gasteiger partial charge in [-0.1, -0.05) is 25.5 Å². The highest BCUT2D eigenvalue weighted by Gasteiger charge is 2.25. The van der Waals surface area contributed by atoms with Crippen LogP contribution in [0.5, 0.6) is 0 Å². The van der Waals surface area contributed by atoms with Gasteiger partial charge < -0.3 is 24.6 Å². The van der Waals surface area contributed by atoms with Gasteiger partial charge in [-0.2, -0.15) is 9.97 Å². The number of nitrogens with zero attached hydrogens (tertiary/aromatic N) is 6. The Hall–Kier alpha value is -3.54. The molecule has 0 spiro atoms. The average Bonchev–Trinajstić information content (AvgIpc) is 3.37. The molecule has 12 heteroatoms. The number of piperidine rings is 1. The number of unbranched alkanes of at least 4 members (excludes halogenated alkanes) is 1. The molecule has 0 aliphatic carbocycles. The number of para-hydroxylation sites is 2. The summed E-state index contributed by atoms with van der Waals surface area (Å²) >= 11 is 0. The van der Waals surface area contributed by atoms with E-state index in [2.05, 4.69) is 17.2 Å². The molecule has 10 nitrogen and oxygen atoms in total. The zero-order valence-electron chi connectivity index (χ0n) is 22.2. The van der Waals surface area contributed by atoms with Gasteiger partial charge in [-0.15, -0.1) is 0 Å². The number of nitrogens with one attached hydrogen (secondary N) is 1. The maximum atomic E-state index is 14.1. The number of carbonyl (C=O) groups is 1. The van der Waals surface area contributed by atoms with E-state index in [1.165, 1.54) is 4.57 Å². The highest BCUT2D eigenvalue weighted by atomic mass is 19.3. The van der Waals surface area contributed by atoms with Crippen LogP contribution in [0.15, 0.2) is 30.3 Å². The van der Waals surface area contributed by atoms with Crippen LogP contribution in [0.1, 0.15) is 44.9 Å². The summed E-state index contributed by atoms with van der Waals surface area (Å²) in [5.74, 6) is 1.33. The highest BCUT2D eigenvalue weighted by molar-refractivity contribution is 5.78. The van der Waals surface area contributed by atoms with Crippen molar-refractivity contribution in [3.8, 4) is 5.82 Å². The normalized spacial score (nSPS) is 16.7. The SMILES string of the molecule is CCCCOC(=O)N1CCC(CNc2cc(-n3c(C(F)F)nc4ccccc43)nc(N3CCOCC3)n2)CC1. The molecule has 4 heterocycles. The number of hydrogen-bond donors (Lipinski definition) is 1. The third kappa shape index (κ3) is 6.38. The number of imidazole rings is 1. The number of aromatic nitrogens is 4. The molecule has 0 atom stereocenters. The van der Waals surface area contributed by atoms with Gasteiger partial charge in [0.05, 0.1) is 30.9 Å². The number of rotatable bonds is 9. The Labute approximate surface area is 226 Å². The van der Waals surface area contributed by atoms with Crippen LogP contribution in [0, 0.1) is 5.92 Å². The van der Waals surface area contributed by atoms with Crippen LogP contribution in [0.3, 0.4) is 0 Å². The zero-order chi connectivity index (χ0) is 27.2. The first-order chi connectivity index (χ1) is 19.0. The molecule has 2 saturated heterocycles. The number of alkyl halides is 2. The summed E-state index contributed by atoms with van der Waals surface area (Å²) in [6.07, 6.45) is 0.520. The van der Waals surface area contributed by atoms with Crippen LogP contribution in [-0.4, -0.2) is 83.1 Å². The topological polar surface area (TPSA) is 97.6 Å². The molecule has 0 bridgehead atoms. The fourth-order valence-corrected chi connectivity index (χ4v) is 4.93. The van der Waals surface area contributed by atoms with Gasteiger partial charge in [-0.3, -0.25) is 4.57 Å². The Bertz CT molecular complexity index is 1260. The molecule has 3 aromatic rings.